The molecule has 0 N–H and O–H groups in total. The van der Waals surface area contributed by atoms with Crippen molar-refractivity contribution in [1.82, 2.24) is 4.57 Å². The molecule has 0 atom stereocenters. The van der Waals surface area contributed by atoms with Gasteiger partial charge in [0.15, 0.2) is 0 Å². The van der Waals surface area contributed by atoms with Gasteiger partial charge in [-0.25, -0.2) is 0 Å². The van der Waals surface area contributed by atoms with Crippen molar-refractivity contribution < 1.29 is 0 Å². The summed E-state index contributed by atoms with van der Waals surface area (Å²) in [6.45, 7) is 2.17. The maximum Gasteiger partial charge on any atom is 0.0999 e. The van der Waals surface area contributed by atoms with E-state index < -0.39 is 0 Å². The Balaban J connectivity index is 1.18. The first kappa shape index (κ1) is 30.6. The number of aryl methyl sites for hydroxylation is 3. The van der Waals surface area contributed by atoms with Gasteiger partial charge in [-0.2, -0.15) is 10.5 Å². The van der Waals surface area contributed by atoms with Crippen LogP contribution < -0.4 is 0 Å². The molecule has 50 heavy (non-hydrogen) atoms. The standard InChI is InChI=1S/C47H33N3/c1-32-13-2-5-18-40(32)42-20-7-4-15-34(42)26-25-33-14-3-6-19-41(33)35-16-12-17-36(27-35)47-37(30-48)28-39(29-38(47)31-49)50-45-23-10-8-21-43(45)44-22-9-11-24-46(44)50/h2-24,27-29H,25-26H2,1H3. The van der Waals surface area contributed by atoms with Crippen molar-refractivity contribution in [2.24, 2.45) is 0 Å². The Hall–Kier alpha value is -6.68. The van der Waals surface area contributed by atoms with Crippen molar-refractivity contribution in [2.75, 3.05) is 0 Å². The molecule has 0 aliphatic heterocycles. The Morgan fingerprint density at radius 1 is 0.480 bits per heavy atom. The molecule has 1 aromatic heterocycles. The summed E-state index contributed by atoms with van der Waals surface area (Å²) in [5.74, 6) is 0. The molecule has 3 nitrogen and oxygen atoms in total. The molecule has 0 saturated carbocycles. The Kier molecular flexibility index (Phi) is 8.02. The summed E-state index contributed by atoms with van der Waals surface area (Å²) < 4.78 is 2.15. The minimum absolute atomic E-state index is 0.471. The first-order valence-corrected chi connectivity index (χ1v) is 16.9. The molecule has 0 saturated heterocycles. The topological polar surface area (TPSA) is 52.5 Å². The van der Waals surface area contributed by atoms with Crippen LogP contribution in [0.25, 0.3) is 60.9 Å². The van der Waals surface area contributed by atoms with Gasteiger partial charge >= 0.3 is 0 Å². The van der Waals surface area contributed by atoms with Crippen molar-refractivity contribution in [3.63, 3.8) is 0 Å². The van der Waals surface area contributed by atoms with Gasteiger partial charge in [0.1, 0.15) is 0 Å². The average molecular weight is 640 g/mol. The summed E-state index contributed by atoms with van der Waals surface area (Å²) in [7, 11) is 0. The second-order valence-corrected chi connectivity index (χ2v) is 12.7. The second kappa shape index (κ2) is 13.1. The van der Waals surface area contributed by atoms with Crippen LogP contribution in [0, 0.1) is 29.6 Å². The molecule has 8 aromatic rings. The second-order valence-electron chi connectivity index (χ2n) is 12.7. The van der Waals surface area contributed by atoms with Crippen LogP contribution in [-0.2, 0) is 12.8 Å². The van der Waals surface area contributed by atoms with Crippen molar-refractivity contribution in [1.29, 1.82) is 10.5 Å². The summed E-state index contributed by atoms with van der Waals surface area (Å²) in [4.78, 5) is 0. The molecule has 0 spiro atoms. The molecule has 3 heteroatoms. The highest BCUT2D eigenvalue weighted by molar-refractivity contribution is 6.09. The Bertz CT molecular complexity index is 2560. The van der Waals surface area contributed by atoms with E-state index in [1.807, 2.05) is 48.5 Å². The normalized spacial score (nSPS) is 11.0. The van der Waals surface area contributed by atoms with E-state index in [-0.39, 0.29) is 0 Å². The zero-order valence-electron chi connectivity index (χ0n) is 27.8. The SMILES string of the molecule is Cc1ccccc1-c1ccccc1CCc1ccccc1-c1cccc(-c2c(C#N)cc(-n3c4ccccc4c4ccccc43)cc2C#N)c1. The van der Waals surface area contributed by atoms with E-state index in [0.717, 1.165) is 57.0 Å². The molecule has 1 heterocycles. The zero-order valence-corrected chi connectivity index (χ0v) is 27.8. The maximum atomic E-state index is 10.5. The number of aromatic nitrogens is 1. The monoisotopic (exact) mass is 639 g/mol. The highest BCUT2D eigenvalue weighted by Gasteiger charge is 2.18. The number of fused-ring (bicyclic) bond motifs is 3. The number of nitrogens with zero attached hydrogens (tertiary/aromatic N) is 3. The van der Waals surface area contributed by atoms with Crippen LogP contribution in [0.15, 0.2) is 158 Å². The average Bonchev–Trinajstić information content (AvgIpc) is 3.51. The Morgan fingerprint density at radius 3 is 1.60 bits per heavy atom. The number of para-hydroxylation sites is 2. The molecule has 0 unspecified atom stereocenters. The largest absolute Gasteiger partial charge is 0.309 e. The van der Waals surface area contributed by atoms with Gasteiger partial charge in [-0.1, -0.05) is 127 Å². The van der Waals surface area contributed by atoms with Crippen LogP contribution in [0.1, 0.15) is 27.8 Å². The summed E-state index contributed by atoms with van der Waals surface area (Å²) in [5, 5.41) is 23.3. The number of benzene rings is 7. The van der Waals surface area contributed by atoms with Crippen molar-refractivity contribution in [3.05, 3.63) is 186 Å². The van der Waals surface area contributed by atoms with Crippen LogP contribution in [0.2, 0.25) is 0 Å². The lowest BCUT2D eigenvalue weighted by Crippen LogP contribution is -1.99. The number of hydrogen-bond donors (Lipinski definition) is 0. The fraction of sp³-hybridized carbons (Fsp3) is 0.0638. The lowest BCUT2D eigenvalue weighted by Gasteiger charge is -2.16. The molecule has 0 aliphatic carbocycles. The Labute approximate surface area is 292 Å². The summed E-state index contributed by atoms with van der Waals surface area (Å²) in [6, 6.07) is 59.3. The van der Waals surface area contributed by atoms with Gasteiger partial charge in [0.2, 0.25) is 0 Å². The van der Waals surface area contributed by atoms with Gasteiger partial charge in [-0.3, -0.25) is 0 Å². The van der Waals surface area contributed by atoms with Crippen molar-refractivity contribution in [3.8, 4) is 51.2 Å². The van der Waals surface area contributed by atoms with E-state index in [2.05, 4.69) is 133 Å². The molecule has 8 rings (SSSR count). The van der Waals surface area contributed by atoms with E-state index in [0.29, 0.717) is 16.7 Å². The smallest absolute Gasteiger partial charge is 0.0999 e. The molecule has 0 aliphatic rings. The van der Waals surface area contributed by atoms with E-state index in [9.17, 15) is 10.5 Å². The first-order chi connectivity index (χ1) is 24.6. The number of hydrogen-bond acceptors (Lipinski definition) is 2. The maximum absolute atomic E-state index is 10.5. The first-order valence-electron chi connectivity index (χ1n) is 16.9. The summed E-state index contributed by atoms with van der Waals surface area (Å²) >= 11 is 0. The van der Waals surface area contributed by atoms with Crippen LogP contribution >= 0.6 is 0 Å². The third kappa shape index (κ3) is 5.42. The predicted octanol–water partition coefficient (Wildman–Crippen LogP) is 11.6. The molecule has 236 valence electrons. The van der Waals surface area contributed by atoms with Gasteiger partial charge < -0.3 is 4.57 Å². The van der Waals surface area contributed by atoms with Crippen molar-refractivity contribution >= 4 is 21.8 Å². The lowest BCUT2D eigenvalue weighted by molar-refractivity contribution is 0.964. The third-order valence-corrected chi connectivity index (χ3v) is 9.80. The van der Waals surface area contributed by atoms with Gasteiger partial charge in [0.25, 0.3) is 0 Å². The fourth-order valence-electron chi connectivity index (χ4n) is 7.45. The summed E-state index contributed by atoms with van der Waals surface area (Å²) in [6.07, 6.45) is 1.78. The van der Waals surface area contributed by atoms with Gasteiger partial charge in [-0.15, -0.1) is 0 Å². The third-order valence-electron chi connectivity index (χ3n) is 9.80. The van der Waals surface area contributed by atoms with E-state index in [4.69, 9.17) is 0 Å². The van der Waals surface area contributed by atoms with E-state index >= 15 is 0 Å². The van der Waals surface area contributed by atoms with E-state index in [1.165, 1.54) is 27.8 Å². The molecule has 0 amide bonds. The molecule has 0 radical (unpaired) electrons. The van der Waals surface area contributed by atoms with Gasteiger partial charge in [-0.05, 0) is 94.6 Å². The van der Waals surface area contributed by atoms with Gasteiger partial charge in [0.05, 0.1) is 34.3 Å². The fourth-order valence-corrected chi connectivity index (χ4v) is 7.45. The predicted molar refractivity (Wildman–Crippen MR) is 205 cm³/mol. The zero-order chi connectivity index (χ0) is 34.0. The van der Waals surface area contributed by atoms with E-state index in [1.54, 1.807) is 0 Å². The number of rotatable bonds is 7. The Morgan fingerprint density at radius 2 is 0.980 bits per heavy atom. The molecular weight excluding hydrogens is 607 g/mol. The molecule has 0 bridgehead atoms. The van der Waals surface area contributed by atoms with Crippen LogP contribution in [-0.4, -0.2) is 4.57 Å². The lowest BCUT2D eigenvalue weighted by atomic mass is 9.89. The molecule has 7 aromatic carbocycles. The number of nitriles is 2. The highest BCUT2D eigenvalue weighted by Crippen LogP contribution is 2.37. The minimum Gasteiger partial charge on any atom is -0.309 e. The molecular formula is C47H33N3. The summed E-state index contributed by atoms with van der Waals surface area (Å²) in [5.41, 5.74) is 13.9. The van der Waals surface area contributed by atoms with Crippen LogP contribution in [0.4, 0.5) is 0 Å². The highest BCUT2D eigenvalue weighted by atomic mass is 15.0. The van der Waals surface area contributed by atoms with Crippen LogP contribution in [0.5, 0.6) is 0 Å². The van der Waals surface area contributed by atoms with Crippen LogP contribution in [0.3, 0.4) is 0 Å². The van der Waals surface area contributed by atoms with Crippen molar-refractivity contribution in [2.45, 2.75) is 19.8 Å². The van der Waals surface area contributed by atoms with Gasteiger partial charge in [0, 0.05) is 22.0 Å². The quantitative estimate of drug-likeness (QED) is 0.174. The minimum atomic E-state index is 0.471. The molecule has 0 fully saturated rings.